The number of nitrogens with zero attached hydrogens (tertiary/aromatic N) is 1. The first-order valence-corrected chi connectivity index (χ1v) is 11.0. The van der Waals surface area contributed by atoms with Crippen molar-refractivity contribution >= 4 is 16.0 Å². The molecule has 0 bridgehead atoms. The number of hydrogen-bond donors (Lipinski definition) is 2. The summed E-state index contributed by atoms with van der Waals surface area (Å²) in [6.07, 6.45) is 0.974. The topological polar surface area (TPSA) is 91.5 Å². The average Bonchev–Trinajstić information content (AvgIpc) is 2.96. The highest BCUT2D eigenvalue weighted by Gasteiger charge is 2.27. The second kappa shape index (κ2) is 8.46. The van der Waals surface area contributed by atoms with Gasteiger partial charge in [-0.2, -0.15) is 0 Å². The number of fused-ring (bicyclic) bond motifs is 1. The number of ether oxygens (including phenoxy) is 1. The summed E-state index contributed by atoms with van der Waals surface area (Å²) in [5.41, 5.74) is 3.67. The Kier molecular flexibility index (Phi) is 6.22. The number of hydrogen-bond acceptors (Lipinski definition) is 5. The molecule has 152 valence electrons. The SMILES string of the molecule is CCOC(=O)c1[nH]c(C)c(S(=O)(=O)NCCN2CCc3ccccc3C2)c1C. The van der Waals surface area contributed by atoms with Gasteiger partial charge in [0.2, 0.25) is 10.0 Å². The first kappa shape index (κ1) is 20.6. The number of aromatic nitrogens is 1. The van der Waals surface area contributed by atoms with Gasteiger partial charge >= 0.3 is 5.97 Å². The lowest BCUT2D eigenvalue weighted by atomic mass is 10.0. The maximum Gasteiger partial charge on any atom is 0.355 e. The van der Waals surface area contributed by atoms with Crippen LogP contribution in [0.15, 0.2) is 29.2 Å². The van der Waals surface area contributed by atoms with Crippen LogP contribution in [-0.2, 0) is 27.7 Å². The molecular weight excluding hydrogens is 378 g/mol. The second-order valence-corrected chi connectivity index (χ2v) is 8.70. The quantitative estimate of drug-likeness (QED) is 0.689. The molecule has 0 radical (unpaired) electrons. The van der Waals surface area contributed by atoms with Crippen molar-refractivity contribution in [1.29, 1.82) is 0 Å². The number of sulfonamides is 1. The number of rotatable bonds is 7. The number of carbonyl (C=O) groups excluding carboxylic acids is 1. The van der Waals surface area contributed by atoms with Crippen molar-refractivity contribution in [3.05, 3.63) is 52.3 Å². The van der Waals surface area contributed by atoms with Gasteiger partial charge in [0.25, 0.3) is 0 Å². The van der Waals surface area contributed by atoms with E-state index in [4.69, 9.17) is 4.74 Å². The molecule has 1 aromatic carbocycles. The van der Waals surface area contributed by atoms with Gasteiger partial charge in [-0.05, 0) is 38.3 Å². The summed E-state index contributed by atoms with van der Waals surface area (Å²) in [4.78, 5) is 17.2. The Morgan fingerprint density at radius 2 is 1.96 bits per heavy atom. The highest BCUT2D eigenvalue weighted by atomic mass is 32.2. The van der Waals surface area contributed by atoms with Crippen molar-refractivity contribution in [3.8, 4) is 0 Å². The zero-order valence-electron chi connectivity index (χ0n) is 16.5. The Labute approximate surface area is 166 Å². The third-order valence-corrected chi connectivity index (χ3v) is 6.78. The maximum atomic E-state index is 12.8. The molecule has 28 heavy (non-hydrogen) atoms. The third-order valence-electron chi connectivity index (χ3n) is 5.05. The molecule has 0 aliphatic carbocycles. The molecule has 8 heteroatoms. The summed E-state index contributed by atoms with van der Waals surface area (Å²) >= 11 is 0. The second-order valence-electron chi connectivity index (χ2n) is 6.99. The van der Waals surface area contributed by atoms with E-state index in [1.165, 1.54) is 11.1 Å². The summed E-state index contributed by atoms with van der Waals surface area (Å²) < 4.78 is 33.3. The van der Waals surface area contributed by atoms with Crippen molar-refractivity contribution in [2.75, 3.05) is 26.2 Å². The molecule has 0 saturated carbocycles. The Bertz CT molecular complexity index is 966. The fraction of sp³-hybridized carbons (Fsp3) is 0.450. The minimum Gasteiger partial charge on any atom is -0.461 e. The lowest BCUT2D eigenvalue weighted by molar-refractivity contribution is 0.0519. The molecule has 1 aliphatic heterocycles. The van der Waals surface area contributed by atoms with E-state index in [1.54, 1.807) is 20.8 Å². The van der Waals surface area contributed by atoms with E-state index in [1.807, 2.05) is 6.07 Å². The van der Waals surface area contributed by atoms with Crippen LogP contribution in [-0.4, -0.2) is 50.5 Å². The first-order valence-electron chi connectivity index (χ1n) is 9.48. The summed E-state index contributed by atoms with van der Waals surface area (Å²) in [6.45, 7) is 7.87. The predicted octanol–water partition coefficient (Wildman–Crippen LogP) is 2.14. The largest absolute Gasteiger partial charge is 0.461 e. The van der Waals surface area contributed by atoms with Crippen LogP contribution in [0, 0.1) is 13.8 Å². The van der Waals surface area contributed by atoms with Gasteiger partial charge in [-0.3, -0.25) is 4.90 Å². The third kappa shape index (κ3) is 4.29. The molecule has 2 heterocycles. The number of aromatic amines is 1. The fourth-order valence-corrected chi connectivity index (χ4v) is 5.16. The maximum absolute atomic E-state index is 12.8. The van der Waals surface area contributed by atoms with Gasteiger partial charge in [0.05, 0.1) is 6.61 Å². The van der Waals surface area contributed by atoms with Gasteiger partial charge in [-0.1, -0.05) is 24.3 Å². The van der Waals surface area contributed by atoms with Crippen LogP contribution >= 0.6 is 0 Å². The number of nitrogens with one attached hydrogen (secondary N) is 2. The Morgan fingerprint density at radius 3 is 2.68 bits per heavy atom. The van der Waals surface area contributed by atoms with Crippen LogP contribution in [0.2, 0.25) is 0 Å². The summed E-state index contributed by atoms with van der Waals surface area (Å²) in [6, 6.07) is 8.35. The van der Waals surface area contributed by atoms with Gasteiger partial charge in [-0.25, -0.2) is 17.9 Å². The summed E-state index contributed by atoms with van der Waals surface area (Å²) in [5, 5.41) is 0. The highest BCUT2D eigenvalue weighted by Crippen LogP contribution is 2.24. The summed E-state index contributed by atoms with van der Waals surface area (Å²) in [7, 11) is -3.73. The Morgan fingerprint density at radius 1 is 1.25 bits per heavy atom. The normalized spacial score (nSPS) is 14.7. The van der Waals surface area contributed by atoms with Crippen LogP contribution in [0.4, 0.5) is 0 Å². The molecule has 0 spiro atoms. The molecule has 0 atom stereocenters. The Balaban J connectivity index is 1.64. The number of carbonyl (C=O) groups is 1. The predicted molar refractivity (Wildman–Crippen MR) is 107 cm³/mol. The summed E-state index contributed by atoms with van der Waals surface area (Å²) in [5.74, 6) is -0.545. The van der Waals surface area contributed by atoms with Crippen LogP contribution in [0.5, 0.6) is 0 Å². The van der Waals surface area contributed by atoms with E-state index in [0.717, 1.165) is 19.5 Å². The van der Waals surface area contributed by atoms with Gasteiger partial charge in [0, 0.05) is 37.4 Å². The van der Waals surface area contributed by atoms with Gasteiger partial charge in [-0.15, -0.1) is 0 Å². The molecule has 0 unspecified atom stereocenters. The molecule has 2 aromatic rings. The highest BCUT2D eigenvalue weighted by molar-refractivity contribution is 7.89. The van der Waals surface area contributed by atoms with E-state index < -0.39 is 16.0 Å². The number of esters is 1. The number of aryl methyl sites for hydroxylation is 1. The monoisotopic (exact) mass is 405 g/mol. The smallest absolute Gasteiger partial charge is 0.355 e. The van der Waals surface area contributed by atoms with Crippen molar-refractivity contribution in [1.82, 2.24) is 14.6 Å². The molecule has 0 fully saturated rings. The minimum atomic E-state index is -3.73. The van der Waals surface area contributed by atoms with Crippen molar-refractivity contribution in [2.45, 2.75) is 38.6 Å². The average molecular weight is 406 g/mol. The van der Waals surface area contributed by atoms with Crippen molar-refractivity contribution in [2.24, 2.45) is 0 Å². The molecule has 3 rings (SSSR count). The number of benzene rings is 1. The van der Waals surface area contributed by atoms with Crippen LogP contribution in [0.3, 0.4) is 0 Å². The zero-order valence-corrected chi connectivity index (χ0v) is 17.4. The van der Waals surface area contributed by atoms with Gasteiger partial charge < -0.3 is 9.72 Å². The molecule has 1 aromatic heterocycles. The molecule has 2 N–H and O–H groups in total. The molecule has 7 nitrogen and oxygen atoms in total. The lowest BCUT2D eigenvalue weighted by Gasteiger charge is -2.28. The zero-order chi connectivity index (χ0) is 20.3. The molecule has 0 saturated heterocycles. The van der Waals surface area contributed by atoms with E-state index in [9.17, 15) is 13.2 Å². The number of H-pyrrole nitrogens is 1. The van der Waals surface area contributed by atoms with Crippen molar-refractivity contribution < 1.29 is 17.9 Å². The molecular formula is C20H27N3O4S. The van der Waals surface area contributed by atoms with Gasteiger partial charge in [0.1, 0.15) is 10.6 Å². The van der Waals surface area contributed by atoms with E-state index in [0.29, 0.717) is 24.3 Å². The fourth-order valence-electron chi connectivity index (χ4n) is 3.70. The van der Waals surface area contributed by atoms with Crippen LogP contribution in [0.1, 0.15) is 39.8 Å². The Hall–Kier alpha value is -2.16. The lowest BCUT2D eigenvalue weighted by Crippen LogP contribution is -2.38. The standard InChI is InChI=1S/C20H27N3O4S/c1-4-27-20(24)18-14(2)19(15(3)22-18)28(25,26)21-10-12-23-11-9-16-7-5-6-8-17(16)13-23/h5-8,21-22H,4,9-13H2,1-3H3. The minimum absolute atomic E-state index is 0.125. The van der Waals surface area contributed by atoms with E-state index in [-0.39, 0.29) is 17.2 Å². The van der Waals surface area contributed by atoms with E-state index in [2.05, 4.69) is 32.8 Å². The van der Waals surface area contributed by atoms with E-state index >= 15 is 0 Å². The van der Waals surface area contributed by atoms with Crippen LogP contribution in [0.25, 0.3) is 0 Å². The molecule has 0 amide bonds. The first-order chi connectivity index (χ1) is 13.3. The van der Waals surface area contributed by atoms with Crippen LogP contribution < -0.4 is 4.72 Å². The van der Waals surface area contributed by atoms with Gasteiger partial charge in [0.15, 0.2) is 0 Å². The van der Waals surface area contributed by atoms with Crippen molar-refractivity contribution in [3.63, 3.8) is 0 Å². The molecule has 1 aliphatic rings.